The second-order valence-corrected chi connectivity index (χ2v) is 5.76. The Hall–Kier alpha value is -2.27. The highest BCUT2D eigenvalue weighted by Gasteiger charge is 2.18. The number of thioether (sulfide) groups is 1. The van der Waals surface area contributed by atoms with E-state index in [9.17, 15) is 9.18 Å². The number of fused-ring (bicyclic) bond motifs is 1. The molecule has 5 heteroatoms. The molecule has 0 aliphatic heterocycles. The standard InChI is InChI=1S/C17H14FNO2S/c1-10-14-8-11(18)6-7-15(14)21-16(10)17(20)19-12-4-3-5-13(9-12)22-2/h3-9H,1-2H3,(H,19,20). The Morgan fingerprint density at radius 3 is 2.82 bits per heavy atom. The average molecular weight is 315 g/mol. The zero-order valence-corrected chi connectivity index (χ0v) is 13.0. The molecule has 3 rings (SSSR count). The van der Waals surface area contributed by atoms with E-state index >= 15 is 0 Å². The number of hydrogen-bond acceptors (Lipinski definition) is 3. The van der Waals surface area contributed by atoms with Gasteiger partial charge in [-0.3, -0.25) is 4.79 Å². The van der Waals surface area contributed by atoms with Gasteiger partial charge in [0.1, 0.15) is 11.4 Å². The fourth-order valence-corrected chi connectivity index (χ4v) is 2.76. The van der Waals surface area contributed by atoms with Crippen molar-refractivity contribution >= 4 is 34.3 Å². The van der Waals surface area contributed by atoms with Crippen LogP contribution in [0.2, 0.25) is 0 Å². The fourth-order valence-electron chi connectivity index (χ4n) is 2.30. The van der Waals surface area contributed by atoms with Gasteiger partial charge in [-0.25, -0.2) is 4.39 Å². The first-order valence-electron chi connectivity index (χ1n) is 6.72. The predicted octanol–water partition coefficient (Wildman–Crippen LogP) is 4.85. The van der Waals surface area contributed by atoms with Crippen LogP contribution < -0.4 is 5.32 Å². The summed E-state index contributed by atoms with van der Waals surface area (Å²) in [4.78, 5) is 13.4. The molecule has 0 spiro atoms. The molecule has 0 aliphatic carbocycles. The molecule has 0 atom stereocenters. The maximum absolute atomic E-state index is 13.3. The molecule has 1 N–H and O–H groups in total. The summed E-state index contributed by atoms with van der Waals surface area (Å²) in [5.41, 5.74) is 1.83. The van der Waals surface area contributed by atoms with Crippen LogP contribution in [0.4, 0.5) is 10.1 Å². The van der Waals surface area contributed by atoms with Crippen molar-refractivity contribution in [3.05, 3.63) is 59.6 Å². The van der Waals surface area contributed by atoms with Gasteiger partial charge in [-0.15, -0.1) is 11.8 Å². The van der Waals surface area contributed by atoms with E-state index in [2.05, 4.69) is 5.32 Å². The minimum absolute atomic E-state index is 0.204. The highest BCUT2D eigenvalue weighted by molar-refractivity contribution is 7.98. The summed E-state index contributed by atoms with van der Waals surface area (Å²) < 4.78 is 18.9. The summed E-state index contributed by atoms with van der Waals surface area (Å²) in [6, 6.07) is 11.8. The number of rotatable bonds is 3. The van der Waals surface area contributed by atoms with Gasteiger partial charge in [0, 0.05) is 21.5 Å². The van der Waals surface area contributed by atoms with E-state index in [1.807, 2.05) is 30.5 Å². The van der Waals surface area contributed by atoms with Crippen LogP contribution in [-0.4, -0.2) is 12.2 Å². The first-order chi connectivity index (χ1) is 10.6. The maximum atomic E-state index is 13.3. The third-order valence-electron chi connectivity index (χ3n) is 3.43. The Kier molecular flexibility index (Phi) is 3.90. The van der Waals surface area contributed by atoms with Crippen molar-refractivity contribution < 1.29 is 13.6 Å². The van der Waals surface area contributed by atoms with Crippen LogP contribution in [0, 0.1) is 12.7 Å². The Bertz CT molecular complexity index is 857. The zero-order chi connectivity index (χ0) is 15.7. The first-order valence-corrected chi connectivity index (χ1v) is 7.95. The van der Waals surface area contributed by atoms with Crippen molar-refractivity contribution in [3.63, 3.8) is 0 Å². The van der Waals surface area contributed by atoms with E-state index in [1.54, 1.807) is 18.7 Å². The summed E-state index contributed by atoms with van der Waals surface area (Å²) in [6.45, 7) is 1.75. The van der Waals surface area contributed by atoms with E-state index in [0.717, 1.165) is 4.90 Å². The molecule has 0 radical (unpaired) electrons. The molecule has 0 saturated carbocycles. The summed E-state index contributed by atoms with van der Waals surface area (Å²) in [5, 5.41) is 3.42. The molecule has 2 aromatic carbocycles. The Balaban J connectivity index is 1.93. The number of benzene rings is 2. The number of carbonyl (C=O) groups is 1. The molecule has 22 heavy (non-hydrogen) atoms. The van der Waals surface area contributed by atoms with Gasteiger partial charge in [-0.05, 0) is 49.6 Å². The number of hydrogen-bond donors (Lipinski definition) is 1. The second kappa shape index (κ2) is 5.85. The van der Waals surface area contributed by atoms with E-state index < -0.39 is 0 Å². The highest BCUT2D eigenvalue weighted by Crippen LogP contribution is 2.27. The van der Waals surface area contributed by atoms with Gasteiger partial charge in [0.15, 0.2) is 5.76 Å². The Labute approximate surface area is 131 Å². The molecule has 0 bridgehead atoms. The molecule has 0 aliphatic rings. The Morgan fingerprint density at radius 1 is 1.23 bits per heavy atom. The SMILES string of the molecule is CSc1cccc(NC(=O)c2oc3ccc(F)cc3c2C)c1. The van der Waals surface area contributed by atoms with Crippen LogP contribution in [-0.2, 0) is 0 Å². The van der Waals surface area contributed by atoms with Crippen molar-refractivity contribution in [2.24, 2.45) is 0 Å². The monoisotopic (exact) mass is 315 g/mol. The number of nitrogens with one attached hydrogen (secondary N) is 1. The molecule has 0 unspecified atom stereocenters. The molecule has 112 valence electrons. The van der Waals surface area contributed by atoms with E-state index in [0.29, 0.717) is 22.2 Å². The first kappa shape index (κ1) is 14.7. The van der Waals surface area contributed by atoms with Gasteiger partial charge in [-0.2, -0.15) is 0 Å². The van der Waals surface area contributed by atoms with Crippen LogP contribution in [0.25, 0.3) is 11.0 Å². The number of carbonyl (C=O) groups excluding carboxylic acids is 1. The minimum atomic E-state index is -0.351. The van der Waals surface area contributed by atoms with Gasteiger partial charge >= 0.3 is 0 Å². The zero-order valence-electron chi connectivity index (χ0n) is 12.1. The third kappa shape index (κ3) is 2.72. The van der Waals surface area contributed by atoms with Crippen LogP contribution in [0.3, 0.4) is 0 Å². The van der Waals surface area contributed by atoms with E-state index in [4.69, 9.17) is 4.42 Å². The van der Waals surface area contributed by atoms with Crippen molar-refractivity contribution in [1.82, 2.24) is 0 Å². The molecule has 1 amide bonds. The number of amides is 1. The normalized spacial score (nSPS) is 10.9. The van der Waals surface area contributed by atoms with E-state index in [1.165, 1.54) is 18.2 Å². The van der Waals surface area contributed by atoms with Crippen molar-refractivity contribution in [3.8, 4) is 0 Å². The smallest absolute Gasteiger partial charge is 0.291 e. The van der Waals surface area contributed by atoms with E-state index in [-0.39, 0.29) is 17.5 Å². The quantitative estimate of drug-likeness (QED) is 0.702. The van der Waals surface area contributed by atoms with Gasteiger partial charge < -0.3 is 9.73 Å². The Morgan fingerprint density at radius 2 is 2.05 bits per heavy atom. The molecule has 3 nitrogen and oxygen atoms in total. The van der Waals surface area contributed by atoms with Crippen LogP contribution in [0.15, 0.2) is 51.8 Å². The summed E-state index contributed by atoms with van der Waals surface area (Å²) >= 11 is 1.60. The van der Waals surface area contributed by atoms with Crippen LogP contribution in [0.5, 0.6) is 0 Å². The number of aryl methyl sites for hydroxylation is 1. The van der Waals surface area contributed by atoms with Crippen LogP contribution in [0.1, 0.15) is 16.1 Å². The molecule has 0 fully saturated rings. The van der Waals surface area contributed by atoms with Gasteiger partial charge in [-0.1, -0.05) is 6.07 Å². The maximum Gasteiger partial charge on any atom is 0.291 e. The van der Waals surface area contributed by atoms with Crippen LogP contribution >= 0.6 is 11.8 Å². The topological polar surface area (TPSA) is 42.2 Å². The molecule has 0 saturated heterocycles. The molecule has 1 heterocycles. The summed E-state index contributed by atoms with van der Waals surface area (Å²) in [5.74, 6) is -0.487. The molecule has 1 aromatic heterocycles. The predicted molar refractivity (Wildman–Crippen MR) is 87.1 cm³/mol. The fraction of sp³-hybridized carbons (Fsp3) is 0.118. The van der Waals surface area contributed by atoms with Crippen molar-refractivity contribution in [1.29, 1.82) is 0 Å². The molecular formula is C17H14FNO2S. The molecular weight excluding hydrogens is 301 g/mol. The lowest BCUT2D eigenvalue weighted by atomic mass is 10.1. The number of anilines is 1. The summed E-state index contributed by atoms with van der Waals surface area (Å²) in [7, 11) is 0. The average Bonchev–Trinajstić information content (AvgIpc) is 2.84. The minimum Gasteiger partial charge on any atom is -0.451 e. The number of furan rings is 1. The lowest BCUT2D eigenvalue weighted by Crippen LogP contribution is -2.12. The lowest BCUT2D eigenvalue weighted by Gasteiger charge is -2.05. The third-order valence-corrected chi connectivity index (χ3v) is 4.16. The second-order valence-electron chi connectivity index (χ2n) is 4.88. The van der Waals surface area contributed by atoms with Crippen molar-refractivity contribution in [2.75, 3.05) is 11.6 Å². The molecule has 3 aromatic rings. The van der Waals surface area contributed by atoms with Gasteiger partial charge in [0.05, 0.1) is 0 Å². The lowest BCUT2D eigenvalue weighted by molar-refractivity contribution is 0.0998. The van der Waals surface area contributed by atoms with Gasteiger partial charge in [0.2, 0.25) is 0 Å². The number of halogens is 1. The largest absolute Gasteiger partial charge is 0.451 e. The van der Waals surface area contributed by atoms with Crippen molar-refractivity contribution in [2.45, 2.75) is 11.8 Å². The highest BCUT2D eigenvalue weighted by atomic mass is 32.2. The summed E-state index contributed by atoms with van der Waals surface area (Å²) in [6.07, 6.45) is 1.97. The van der Waals surface area contributed by atoms with Gasteiger partial charge in [0.25, 0.3) is 5.91 Å².